The summed E-state index contributed by atoms with van der Waals surface area (Å²) in [7, 11) is 0. The van der Waals surface area contributed by atoms with Crippen LogP contribution in [0.2, 0.25) is 0 Å². The van der Waals surface area contributed by atoms with Gasteiger partial charge in [0.2, 0.25) is 0 Å². The molecule has 0 aromatic heterocycles. The van der Waals surface area contributed by atoms with E-state index in [9.17, 15) is 30.7 Å². The lowest BCUT2D eigenvalue weighted by molar-refractivity contribution is -0.325. The van der Waals surface area contributed by atoms with E-state index in [1.807, 2.05) is 0 Å². The van der Waals surface area contributed by atoms with Gasteiger partial charge in [-0.3, -0.25) is 0 Å². The smallest absolute Gasteiger partial charge is 0.218 e. The fourth-order valence-electron chi connectivity index (χ4n) is 1.42. The molecule has 0 saturated carbocycles. The van der Waals surface area contributed by atoms with Crippen molar-refractivity contribution < 1.29 is 30.7 Å². The van der Waals surface area contributed by atoms with Gasteiger partial charge < -0.3 is 0 Å². The van der Waals surface area contributed by atoms with Crippen LogP contribution in [0.4, 0.5) is 30.7 Å². The molecule has 18 heavy (non-hydrogen) atoms. The predicted molar refractivity (Wildman–Crippen MR) is 52.2 cm³/mol. The molecule has 1 aliphatic rings. The standard InChI is InChI=1S/C9H5Cl2F7/c10-5-1-4(2-6(11)3-5)7(12,8(13,14)15)9(16,17)18/h1-2,5H,3H2. The van der Waals surface area contributed by atoms with Gasteiger partial charge >= 0.3 is 18.0 Å². The van der Waals surface area contributed by atoms with Crippen LogP contribution in [-0.4, -0.2) is 23.4 Å². The second-order valence-corrected chi connectivity index (χ2v) is 4.63. The Hall–Kier alpha value is -0.430. The average Bonchev–Trinajstić information content (AvgIpc) is 2.11. The molecule has 0 nitrogen and oxygen atoms in total. The molecule has 0 spiro atoms. The third kappa shape index (κ3) is 2.61. The Morgan fingerprint density at radius 3 is 1.78 bits per heavy atom. The zero-order valence-electron chi connectivity index (χ0n) is 8.34. The minimum Gasteiger partial charge on any atom is -0.218 e. The van der Waals surface area contributed by atoms with Crippen molar-refractivity contribution in [1.29, 1.82) is 0 Å². The van der Waals surface area contributed by atoms with Crippen LogP contribution >= 0.6 is 23.2 Å². The van der Waals surface area contributed by atoms with Crippen molar-refractivity contribution in [3.63, 3.8) is 0 Å². The molecule has 0 N–H and O–H groups in total. The lowest BCUT2D eigenvalue weighted by Gasteiger charge is -2.32. The molecular weight excluding hydrogens is 312 g/mol. The molecule has 1 aliphatic carbocycles. The molecule has 0 aromatic carbocycles. The monoisotopic (exact) mass is 316 g/mol. The van der Waals surface area contributed by atoms with E-state index >= 15 is 0 Å². The highest BCUT2D eigenvalue weighted by atomic mass is 35.5. The van der Waals surface area contributed by atoms with Crippen LogP contribution in [-0.2, 0) is 0 Å². The molecule has 9 heteroatoms. The van der Waals surface area contributed by atoms with E-state index < -0.39 is 29.0 Å². The highest BCUT2D eigenvalue weighted by molar-refractivity contribution is 6.31. The molecule has 1 rings (SSSR count). The SMILES string of the molecule is FC(F)(F)C(F)(C1=CC(Cl)CC(Cl)=C1)C(F)(F)F. The van der Waals surface area contributed by atoms with Gasteiger partial charge in [-0.2, -0.15) is 26.3 Å². The van der Waals surface area contributed by atoms with Gasteiger partial charge in [-0.15, -0.1) is 11.6 Å². The maximum absolute atomic E-state index is 13.6. The molecule has 1 atom stereocenters. The molecule has 0 fully saturated rings. The highest BCUT2D eigenvalue weighted by Crippen LogP contribution is 2.52. The zero-order valence-corrected chi connectivity index (χ0v) is 9.85. The van der Waals surface area contributed by atoms with Gasteiger partial charge in [0.25, 0.3) is 0 Å². The van der Waals surface area contributed by atoms with Crippen molar-refractivity contribution in [3.05, 3.63) is 22.8 Å². The van der Waals surface area contributed by atoms with Crippen molar-refractivity contribution in [2.24, 2.45) is 0 Å². The number of alkyl halides is 8. The summed E-state index contributed by atoms with van der Waals surface area (Å²) < 4.78 is 87.9. The number of allylic oxidation sites excluding steroid dienone is 4. The number of rotatable bonds is 1. The average molecular weight is 317 g/mol. The fraction of sp³-hybridized carbons (Fsp3) is 0.556. The molecule has 0 bridgehead atoms. The van der Waals surface area contributed by atoms with Crippen LogP contribution in [0, 0.1) is 0 Å². The Balaban J connectivity index is 3.39. The van der Waals surface area contributed by atoms with E-state index in [1.54, 1.807) is 0 Å². The summed E-state index contributed by atoms with van der Waals surface area (Å²) in [6, 6.07) is 0. The van der Waals surface area contributed by atoms with Crippen LogP contribution in [0.5, 0.6) is 0 Å². The summed E-state index contributed by atoms with van der Waals surface area (Å²) in [6.45, 7) is 0. The largest absolute Gasteiger partial charge is 0.435 e. The van der Waals surface area contributed by atoms with Gasteiger partial charge in [-0.05, 0) is 6.08 Å². The predicted octanol–water partition coefficient (Wildman–Crippen LogP) is 4.88. The highest BCUT2D eigenvalue weighted by Gasteiger charge is 2.74. The van der Waals surface area contributed by atoms with Gasteiger partial charge in [0, 0.05) is 17.0 Å². The minimum absolute atomic E-state index is 0.154. The maximum Gasteiger partial charge on any atom is 0.435 e. The van der Waals surface area contributed by atoms with Gasteiger partial charge in [0.1, 0.15) is 0 Å². The molecule has 0 radical (unpaired) electrons. The zero-order chi connectivity index (χ0) is 14.4. The third-order valence-electron chi connectivity index (χ3n) is 2.24. The second kappa shape index (κ2) is 4.59. The summed E-state index contributed by atoms with van der Waals surface area (Å²) in [6.07, 6.45) is -11.8. The van der Waals surface area contributed by atoms with Gasteiger partial charge in [-0.1, -0.05) is 17.7 Å². The van der Waals surface area contributed by atoms with Crippen molar-refractivity contribution in [3.8, 4) is 0 Å². The summed E-state index contributed by atoms with van der Waals surface area (Å²) in [5, 5.41) is -1.60. The van der Waals surface area contributed by atoms with E-state index in [4.69, 9.17) is 23.2 Å². The Morgan fingerprint density at radius 1 is 1.00 bits per heavy atom. The Labute approximate surface area is 107 Å². The summed E-state index contributed by atoms with van der Waals surface area (Å²) in [5.41, 5.74) is -7.12. The van der Waals surface area contributed by atoms with Gasteiger partial charge in [0.15, 0.2) is 0 Å². The van der Waals surface area contributed by atoms with Gasteiger partial charge in [0.05, 0.1) is 5.38 Å². The molecule has 1 unspecified atom stereocenters. The lowest BCUT2D eigenvalue weighted by atomic mass is 9.89. The van der Waals surface area contributed by atoms with Crippen LogP contribution < -0.4 is 0 Å². The van der Waals surface area contributed by atoms with Crippen LogP contribution in [0.1, 0.15) is 6.42 Å². The van der Waals surface area contributed by atoms with E-state index in [0.717, 1.165) is 0 Å². The van der Waals surface area contributed by atoms with Crippen molar-refractivity contribution in [2.45, 2.75) is 29.8 Å². The first kappa shape index (κ1) is 15.6. The molecular formula is C9H5Cl2F7. The summed E-state index contributed by atoms with van der Waals surface area (Å²) in [4.78, 5) is 0. The fourth-order valence-corrected chi connectivity index (χ4v) is 2.08. The van der Waals surface area contributed by atoms with E-state index in [1.165, 1.54) is 0 Å². The first-order valence-electron chi connectivity index (χ1n) is 4.44. The van der Waals surface area contributed by atoms with E-state index in [0.29, 0.717) is 12.2 Å². The first-order chi connectivity index (χ1) is 7.89. The van der Waals surface area contributed by atoms with Crippen molar-refractivity contribution in [1.82, 2.24) is 0 Å². The molecule has 0 amide bonds. The minimum atomic E-state index is -6.15. The Morgan fingerprint density at radius 2 is 1.44 bits per heavy atom. The van der Waals surface area contributed by atoms with Gasteiger partial charge in [-0.25, -0.2) is 4.39 Å². The maximum atomic E-state index is 13.6. The van der Waals surface area contributed by atoms with E-state index in [2.05, 4.69) is 0 Å². The number of halogens is 9. The summed E-state index contributed by atoms with van der Waals surface area (Å²) in [5.74, 6) is 0. The lowest BCUT2D eigenvalue weighted by Crippen LogP contribution is -2.54. The number of hydrogen-bond donors (Lipinski definition) is 0. The summed E-state index contributed by atoms with van der Waals surface area (Å²) >= 11 is 10.8. The second-order valence-electron chi connectivity index (χ2n) is 3.59. The van der Waals surface area contributed by atoms with E-state index in [-0.39, 0.29) is 11.5 Å². The first-order valence-corrected chi connectivity index (χ1v) is 5.26. The van der Waals surface area contributed by atoms with Crippen LogP contribution in [0.3, 0.4) is 0 Å². The Kier molecular flexibility index (Phi) is 3.99. The van der Waals surface area contributed by atoms with Crippen LogP contribution in [0.15, 0.2) is 22.8 Å². The molecule has 0 aromatic rings. The normalized spacial score (nSPS) is 22.6. The molecule has 0 saturated heterocycles. The quantitative estimate of drug-likeness (QED) is 0.478. The Bertz CT molecular complexity index is 377. The number of hydrogen-bond acceptors (Lipinski definition) is 0. The molecule has 0 aliphatic heterocycles. The molecule has 0 heterocycles. The van der Waals surface area contributed by atoms with Crippen molar-refractivity contribution >= 4 is 23.2 Å². The topological polar surface area (TPSA) is 0 Å². The van der Waals surface area contributed by atoms with Crippen LogP contribution in [0.25, 0.3) is 0 Å². The third-order valence-corrected chi connectivity index (χ3v) is 2.79. The molecule has 104 valence electrons. The van der Waals surface area contributed by atoms with Crippen molar-refractivity contribution in [2.75, 3.05) is 0 Å².